The van der Waals surface area contributed by atoms with E-state index in [2.05, 4.69) is 26.6 Å². The zero-order chi connectivity index (χ0) is 18.1. The van der Waals surface area contributed by atoms with Crippen molar-refractivity contribution in [3.8, 4) is 0 Å². The van der Waals surface area contributed by atoms with Crippen molar-refractivity contribution in [2.45, 2.75) is 19.8 Å². The van der Waals surface area contributed by atoms with Crippen molar-refractivity contribution in [2.75, 3.05) is 13.1 Å². The molecule has 0 fully saturated rings. The zero-order valence-electron chi connectivity index (χ0n) is 14.3. The monoisotopic (exact) mass is 402 g/mol. The van der Waals surface area contributed by atoms with E-state index < -0.39 is 0 Å². The number of amides is 2. The Kier molecular flexibility index (Phi) is 7.67. The van der Waals surface area contributed by atoms with E-state index in [9.17, 15) is 9.59 Å². The number of hydrogen-bond acceptors (Lipinski definition) is 2. The van der Waals surface area contributed by atoms with Gasteiger partial charge in [0.15, 0.2) is 0 Å². The summed E-state index contributed by atoms with van der Waals surface area (Å²) >= 11 is 3.34. The van der Waals surface area contributed by atoms with Gasteiger partial charge in [-0.1, -0.05) is 53.2 Å². The summed E-state index contributed by atoms with van der Waals surface area (Å²) in [5.41, 5.74) is 1.79. The molecule has 2 amide bonds. The van der Waals surface area contributed by atoms with Gasteiger partial charge in [-0.05, 0) is 42.7 Å². The molecule has 0 bridgehead atoms. The van der Waals surface area contributed by atoms with Crippen LogP contribution in [0.2, 0.25) is 0 Å². The molecule has 0 aliphatic heterocycles. The Morgan fingerprint density at radius 2 is 1.60 bits per heavy atom. The highest BCUT2D eigenvalue weighted by atomic mass is 79.9. The van der Waals surface area contributed by atoms with Crippen molar-refractivity contribution in [2.24, 2.45) is 5.92 Å². The zero-order valence-corrected chi connectivity index (χ0v) is 15.9. The van der Waals surface area contributed by atoms with Crippen molar-refractivity contribution in [3.05, 3.63) is 70.2 Å². The third kappa shape index (κ3) is 6.70. The van der Waals surface area contributed by atoms with Crippen molar-refractivity contribution >= 4 is 27.7 Å². The van der Waals surface area contributed by atoms with Crippen LogP contribution in [0.15, 0.2) is 59.1 Å². The van der Waals surface area contributed by atoms with E-state index in [1.54, 1.807) is 12.1 Å². The molecule has 0 aliphatic rings. The molecular formula is C20H23BrN2O2. The van der Waals surface area contributed by atoms with Gasteiger partial charge in [0.2, 0.25) is 5.91 Å². The minimum Gasteiger partial charge on any atom is -0.356 e. The van der Waals surface area contributed by atoms with Crippen LogP contribution in [-0.2, 0) is 11.2 Å². The Hall–Kier alpha value is -2.14. The maximum Gasteiger partial charge on any atom is 0.251 e. The molecule has 0 heterocycles. The van der Waals surface area contributed by atoms with Crippen LogP contribution in [0.1, 0.15) is 29.3 Å². The standard InChI is InChI=1S/C20H23BrN2O2/c1-15(14-16-6-3-2-4-7-16)19(24)22-12-5-13-23-20(25)17-8-10-18(21)11-9-17/h2-4,6-11,15H,5,12-14H2,1H3,(H,22,24)(H,23,25). The highest BCUT2D eigenvalue weighted by molar-refractivity contribution is 9.10. The predicted octanol–water partition coefficient (Wildman–Crippen LogP) is 3.56. The second-order valence-electron chi connectivity index (χ2n) is 6.00. The average molecular weight is 403 g/mol. The summed E-state index contributed by atoms with van der Waals surface area (Å²) in [7, 11) is 0. The number of carbonyl (C=O) groups is 2. The summed E-state index contributed by atoms with van der Waals surface area (Å²) in [6.07, 6.45) is 1.43. The highest BCUT2D eigenvalue weighted by Crippen LogP contribution is 2.10. The molecule has 132 valence electrons. The van der Waals surface area contributed by atoms with Crippen molar-refractivity contribution in [3.63, 3.8) is 0 Å². The third-order valence-corrected chi connectivity index (χ3v) is 4.41. The fraction of sp³-hybridized carbons (Fsp3) is 0.300. The number of carbonyl (C=O) groups excluding carboxylic acids is 2. The Bertz CT molecular complexity index is 687. The van der Waals surface area contributed by atoms with Crippen molar-refractivity contribution < 1.29 is 9.59 Å². The molecule has 2 rings (SSSR count). The molecule has 1 atom stereocenters. The molecule has 2 aromatic carbocycles. The van der Waals surface area contributed by atoms with Crippen LogP contribution in [0.4, 0.5) is 0 Å². The first-order valence-electron chi connectivity index (χ1n) is 8.41. The molecule has 1 unspecified atom stereocenters. The topological polar surface area (TPSA) is 58.2 Å². The van der Waals surface area contributed by atoms with Crippen molar-refractivity contribution in [1.82, 2.24) is 10.6 Å². The van der Waals surface area contributed by atoms with Gasteiger partial charge < -0.3 is 10.6 Å². The van der Waals surface area contributed by atoms with Gasteiger partial charge in [0.05, 0.1) is 0 Å². The summed E-state index contributed by atoms with van der Waals surface area (Å²) in [6, 6.07) is 17.2. The SMILES string of the molecule is CC(Cc1ccccc1)C(=O)NCCCNC(=O)c1ccc(Br)cc1. The van der Waals surface area contributed by atoms with Crippen LogP contribution in [0, 0.1) is 5.92 Å². The van der Waals surface area contributed by atoms with Gasteiger partial charge in [-0.15, -0.1) is 0 Å². The fourth-order valence-electron chi connectivity index (χ4n) is 2.44. The Morgan fingerprint density at radius 1 is 0.960 bits per heavy atom. The average Bonchev–Trinajstić information content (AvgIpc) is 2.62. The lowest BCUT2D eigenvalue weighted by Crippen LogP contribution is -2.33. The van der Waals surface area contributed by atoms with Crippen molar-refractivity contribution in [1.29, 1.82) is 0 Å². The van der Waals surface area contributed by atoms with Crippen LogP contribution >= 0.6 is 15.9 Å². The molecular weight excluding hydrogens is 380 g/mol. The lowest BCUT2D eigenvalue weighted by molar-refractivity contribution is -0.124. The van der Waals surface area contributed by atoms with E-state index in [0.29, 0.717) is 25.1 Å². The maximum absolute atomic E-state index is 12.1. The molecule has 0 saturated carbocycles. The highest BCUT2D eigenvalue weighted by Gasteiger charge is 2.12. The van der Waals surface area contributed by atoms with Gasteiger partial charge >= 0.3 is 0 Å². The van der Waals surface area contributed by atoms with E-state index in [1.807, 2.05) is 49.4 Å². The van der Waals surface area contributed by atoms with Gasteiger partial charge in [-0.25, -0.2) is 0 Å². The molecule has 0 radical (unpaired) electrons. The van der Waals surface area contributed by atoms with E-state index in [-0.39, 0.29) is 17.7 Å². The first-order chi connectivity index (χ1) is 12.1. The Morgan fingerprint density at radius 3 is 2.28 bits per heavy atom. The first kappa shape index (κ1) is 19.2. The molecule has 2 N–H and O–H groups in total. The van der Waals surface area contributed by atoms with E-state index >= 15 is 0 Å². The third-order valence-electron chi connectivity index (χ3n) is 3.88. The molecule has 0 saturated heterocycles. The largest absolute Gasteiger partial charge is 0.356 e. The maximum atomic E-state index is 12.1. The van der Waals surface area contributed by atoms with Crippen LogP contribution in [-0.4, -0.2) is 24.9 Å². The van der Waals surface area contributed by atoms with Crippen LogP contribution < -0.4 is 10.6 Å². The van der Waals surface area contributed by atoms with Gasteiger partial charge in [0.1, 0.15) is 0 Å². The number of halogens is 1. The molecule has 0 aliphatic carbocycles. The lowest BCUT2D eigenvalue weighted by atomic mass is 10.0. The normalized spacial score (nSPS) is 11.6. The second kappa shape index (κ2) is 9.99. The minimum atomic E-state index is -0.101. The minimum absolute atomic E-state index is 0.0445. The molecule has 5 heteroatoms. The molecule has 2 aromatic rings. The smallest absolute Gasteiger partial charge is 0.251 e. The first-order valence-corrected chi connectivity index (χ1v) is 9.21. The van der Waals surface area contributed by atoms with Gasteiger partial charge in [-0.2, -0.15) is 0 Å². The van der Waals surface area contributed by atoms with Gasteiger partial charge in [0, 0.05) is 29.0 Å². The van der Waals surface area contributed by atoms with E-state index in [1.165, 1.54) is 0 Å². The molecule has 0 aromatic heterocycles. The van der Waals surface area contributed by atoms with Crippen LogP contribution in [0.25, 0.3) is 0 Å². The summed E-state index contributed by atoms with van der Waals surface area (Å²) < 4.78 is 0.941. The fourth-order valence-corrected chi connectivity index (χ4v) is 2.70. The lowest BCUT2D eigenvalue weighted by Gasteiger charge is -2.12. The van der Waals surface area contributed by atoms with E-state index in [0.717, 1.165) is 16.5 Å². The molecule has 4 nitrogen and oxygen atoms in total. The summed E-state index contributed by atoms with van der Waals surface area (Å²) in [4.78, 5) is 24.0. The second-order valence-corrected chi connectivity index (χ2v) is 6.91. The number of hydrogen-bond donors (Lipinski definition) is 2. The number of benzene rings is 2. The summed E-state index contributed by atoms with van der Waals surface area (Å²) in [5.74, 6) is -0.126. The Balaban J connectivity index is 1.62. The predicted molar refractivity (Wildman–Crippen MR) is 103 cm³/mol. The molecule has 25 heavy (non-hydrogen) atoms. The van der Waals surface area contributed by atoms with Crippen LogP contribution in [0.5, 0.6) is 0 Å². The van der Waals surface area contributed by atoms with Gasteiger partial charge in [0.25, 0.3) is 5.91 Å². The van der Waals surface area contributed by atoms with Gasteiger partial charge in [-0.3, -0.25) is 9.59 Å². The van der Waals surface area contributed by atoms with E-state index in [4.69, 9.17) is 0 Å². The quantitative estimate of drug-likeness (QED) is 0.663. The molecule has 0 spiro atoms. The summed E-state index contributed by atoms with van der Waals surface area (Å²) in [6.45, 7) is 3.01. The number of nitrogens with one attached hydrogen (secondary N) is 2. The van der Waals surface area contributed by atoms with Crippen LogP contribution in [0.3, 0.4) is 0 Å². The number of rotatable bonds is 8. The Labute approximate surface area is 157 Å². The summed E-state index contributed by atoms with van der Waals surface area (Å²) in [5, 5.41) is 5.78.